The van der Waals surface area contributed by atoms with Crippen molar-refractivity contribution in [1.82, 2.24) is 5.32 Å². The lowest BCUT2D eigenvalue weighted by atomic mass is 9.98. The van der Waals surface area contributed by atoms with Gasteiger partial charge in [0.05, 0.1) is 19.1 Å². The maximum atomic E-state index is 12.7. The van der Waals surface area contributed by atoms with E-state index < -0.39 is 29.7 Å². The molecule has 0 bridgehead atoms. The molecule has 23 heavy (non-hydrogen) atoms. The number of methoxy groups -OCH3 is 1. The van der Waals surface area contributed by atoms with Gasteiger partial charge in [-0.3, -0.25) is 4.79 Å². The van der Waals surface area contributed by atoms with Gasteiger partial charge in [0.25, 0.3) is 0 Å². The molecule has 0 aromatic heterocycles. The SMILES string of the molecule is CC[C@H](C)[C@@H](NC(=O)Cc1cccc(C(F)(F)F)c1)C(=O)OC. The molecule has 0 heterocycles. The Labute approximate surface area is 133 Å². The summed E-state index contributed by atoms with van der Waals surface area (Å²) >= 11 is 0. The molecule has 0 aliphatic rings. The number of esters is 1. The third kappa shape index (κ3) is 5.58. The highest BCUT2D eigenvalue weighted by Gasteiger charge is 2.31. The second-order valence-corrected chi connectivity index (χ2v) is 5.33. The number of ether oxygens (including phenoxy) is 1. The van der Waals surface area contributed by atoms with Crippen molar-refractivity contribution in [3.63, 3.8) is 0 Å². The van der Waals surface area contributed by atoms with Crippen LogP contribution >= 0.6 is 0 Å². The Morgan fingerprint density at radius 1 is 1.30 bits per heavy atom. The van der Waals surface area contributed by atoms with Gasteiger partial charge in [-0.2, -0.15) is 13.2 Å². The van der Waals surface area contributed by atoms with E-state index in [2.05, 4.69) is 10.1 Å². The third-order valence-electron chi connectivity index (χ3n) is 3.60. The van der Waals surface area contributed by atoms with Gasteiger partial charge in [0.1, 0.15) is 6.04 Å². The van der Waals surface area contributed by atoms with Crippen molar-refractivity contribution in [2.45, 2.75) is 38.9 Å². The molecule has 0 fully saturated rings. The van der Waals surface area contributed by atoms with Crippen LogP contribution in [0, 0.1) is 5.92 Å². The Morgan fingerprint density at radius 3 is 2.48 bits per heavy atom. The van der Waals surface area contributed by atoms with Gasteiger partial charge in [0.2, 0.25) is 5.91 Å². The lowest BCUT2D eigenvalue weighted by Crippen LogP contribution is -2.46. The van der Waals surface area contributed by atoms with E-state index in [0.717, 1.165) is 12.1 Å². The van der Waals surface area contributed by atoms with Gasteiger partial charge in [-0.1, -0.05) is 38.5 Å². The predicted molar refractivity (Wildman–Crippen MR) is 78.5 cm³/mol. The quantitative estimate of drug-likeness (QED) is 0.816. The first-order valence-electron chi connectivity index (χ1n) is 7.22. The molecule has 0 aliphatic heterocycles. The average molecular weight is 331 g/mol. The van der Waals surface area contributed by atoms with Crippen LogP contribution in [0.2, 0.25) is 0 Å². The Morgan fingerprint density at radius 2 is 1.96 bits per heavy atom. The van der Waals surface area contributed by atoms with Crippen LogP contribution in [0.1, 0.15) is 31.4 Å². The molecule has 0 radical (unpaired) electrons. The molecular formula is C16H20F3NO3. The highest BCUT2D eigenvalue weighted by atomic mass is 19.4. The van der Waals surface area contributed by atoms with Crippen LogP contribution < -0.4 is 5.32 Å². The van der Waals surface area contributed by atoms with E-state index >= 15 is 0 Å². The molecule has 0 spiro atoms. The second kappa shape index (κ2) is 7.99. The van der Waals surface area contributed by atoms with Crippen molar-refractivity contribution in [2.24, 2.45) is 5.92 Å². The Hall–Kier alpha value is -2.05. The molecule has 0 aliphatic carbocycles. The smallest absolute Gasteiger partial charge is 0.416 e. The van der Waals surface area contributed by atoms with E-state index in [1.165, 1.54) is 19.2 Å². The maximum absolute atomic E-state index is 12.7. The summed E-state index contributed by atoms with van der Waals surface area (Å²) in [6.07, 6.45) is -4.06. The lowest BCUT2D eigenvalue weighted by molar-refractivity contribution is -0.146. The van der Waals surface area contributed by atoms with E-state index in [9.17, 15) is 22.8 Å². The monoisotopic (exact) mass is 331 g/mol. The summed E-state index contributed by atoms with van der Waals surface area (Å²) in [5.41, 5.74) is -0.584. The number of nitrogens with one attached hydrogen (secondary N) is 1. The predicted octanol–water partition coefficient (Wildman–Crippen LogP) is 2.95. The lowest BCUT2D eigenvalue weighted by Gasteiger charge is -2.21. The molecule has 128 valence electrons. The van der Waals surface area contributed by atoms with Crippen molar-refractivity contribution in [2.75, 3.05) is 7.11 Å². The minimum Gasteiger partial charge on any atom is -0.467 e. The van der Waals surface area contributed by atoms with Gasteiger partial charge >= 0.3 is 12.1 Å². The van der Waals surface area contributed by atoms with E-state index in [4.69, 9.17) is 0 Å². The summed E-state index contributed by atoms with van der Waals surface area (Å²) in [6.45, 7) is 3.64. The highest BCUT2D eigenvalue weighted by Crippen LogP contribution is 2.29. The molecule has 1 rings (SSSR count). The summed E-state index contributed by atoms with van der Waals surface area (Å²) in [5, 5.41) is 2.53. The van der Waals surface area contributed by atoms with Crippen molar-refractivity contribution in [3.8, 4) is 0 Å². The minimum absolute atomic E-state index is 0.145. The first-order chi connectivity index (χ1) is 10.7. The average Bonchev–Trinajstić information content (AvgIpc) is 2.50. The highest BCUT2D eigenvalue weighted by molar-refractivity contribution is 5.85. The standard InChI is InChI=1S/C16H20F3NO3/c1-4-10(2)14(15(22)23-3)20-13(21)9-11-6-5-7-12(8-11)16(17,18)19/h5-8,10,14H,4,9H2,1-3H3,(H,20,21)/t10-,14+/m0/s1. The summed E-state index contributed by atoms with van der Waals surface area (Å²) < 4.78 is 42.6. The number of carbonyl (C=O) groups excluding carboxylic acids is 2. The number of benzene rings is 1. The number of halogens is 3. The number of hydrogen-bond acceptors (Lipinski definition) is 3. The summed E-state index contributed by atoms with van der Waals surface area (Å²) in [7, 11) is 1.22. The molecule has 2 atom stereocenters. The normalized spacial score (nSPS) is 14.0. The second-order valence-electron chi connectivity index (χ2n) is 5.33. The molecule has 0 unspecified atom stereocenters. The number of carbonyl (C=O) groups is 2. The molecular weight excluding hydrogens is 311 g/mol. The Bertz CT molecular complexity index is 558. The number of amides is 1. The van der Waals surface area contributed by atoms with E-state index in [0.29, 0.717) is 6.42 Å². The molecule has 7 heteroatoms. The van der Waals surface area contributed by atoms with Crippen molar-refractivity contribution < 1.29 is 27.5 Å². The first kappa shape index (κ1) is 19.0. The van der Waals surface area contributed by atoms with Gasteiger partial charge in [-0.05, 0) is 17.5 Å². The van der Waals surface area contributed by atoms with Crippen LogP contribution in [0.3, 0.4) is 0 Å². The Kier molecular flexibility index (Phi) is 6.60. The zero-order chi connectivity index (χ0) is 17.6. The molecule has 1 aromatic carbocycles. The van der Waals surface area contributed by atoms with Crippen molar-refractivity contribution >= 4 is 11.9 Å². The summed E-state index contributed by atoms with van der Waals surface area (Å²) in [5.74, 6) is -1.25. The first-order valence-corrected chi connectivity index (χ1v) is 7.22. The minimum atomic E-state index is -4.46. The fraction of sp³-hybridized carbons (Fsp3) is 0.500. The number of rotatable bonds is 6. The van der Waals surface area contributed by atoms with Gasteiger partial charge in [-0.25, -0.2) is 4.79 Å². The van der Waals surface area contributed by atoms with Crippen LogP contribution in [-0.4, -0.2) is 25.0 Å². The molecule has 0 saturated carbocycles. The number of hydrogen-bond donors (Lipinski definition) is 1. The third-order valence-corrected chi connectivity index (χ3v) is 3.60. The topological polar surface area (TPSA) is 55.4 Å². The van der Waals surface area contributed by atoms with Gasteiger partial charge in [0, 0.05) is 0 Å². The van der Waals surface area contributed by atoms with Crippen molar-refractivity contribution in [3.05, 3.63) is 35.4 Å². The van der Waals surface area contributed by atoms with Crippen LogP contribution in [0.4, 0.5) is 13.2 Å². The van der Waals surface area contributed by atoms with Gasteiger partial charge < -0.3 is 10.1 Å². The van der Waals surface area contributed by atoms with Gasteiger partial charge in [0.15, 0.2) is 0 Å². The fourth-order valence-electron chi connectivity index (χ4n) is 2.06. The zero-order valence-corrected chi connectivity index (χ0v) is 13.2. The zero-order valence-electron chi connectivity index (χ0n) is 13.2. The maximum Gasteiger partial charge on any atom is 0.416 e. The van der Waals surface area contributed by atoms with E-state index in [1.807, 2.05) is 6.92 Å². The molecule has 0 saturated heterocycles. The molecule has 1 aromatic rings. The van der Waals surface area contributed by atoms with Crippen LogP contribution in [0.5, 0.6) is 0 Å². The van der Waals surface area contributed by atoms with E-state index in [-0.39, 0.29) is 17.9 Å². The largest absolute Gasteiger partial charge is 0.467 e. The molecule has 4 nitrogen and oxygen atoms in total. The molecule has 1 amide bonds. The Balaban J connectivity index is 2.81. The fourth-order valence-corrected chi connectivity index (χ4v) is 2.06. The van der Waals surface area contributed by atoms with Crippen molar-refractivity contribution in [1.29, 1.82) is 0 Å². The van der Waals surface area contributed by atoms with Crippen LogP contribution in [0.15, 0.2) is 24.3 Å². The summed E-state index contributed by atoms with van der Waals surface area (Å²) in [6, 6.07) is 3.74. The number of alkyl halides is 3. The van der Waals surface area contributed by atoms with Crippen LogP contribution in [0.25, 0.3) is 0 Å². The van der Waals surface area contributed by atoms with Gasteiger partial charge in [-0.15, -0.1) is 0 Å². The van der Waals surface area contributed by atoms with Crippen LogP contribution in [-0.2, 0) is 26.9 Å². The van der Waals surface area contributed by atoms with E-state index in [1.54, 1.807) is 6.92 Å². The summed E-state index contributed by atoms with van der Waals surface area (Å²) in [4.78, 5) is 23.7. The molecule has 1 N–H and O–H groups in total.